The molecule has 33 heavy (non-hydrogen) atoms. The van der Waals surface area contributed by atoms with Crippen LogP contribution in [0, 0.1) is 11.8 Å². The van der Waals surface area contributed by atoms with E-state index in [0.717, 1.165) is 75.3 Å². The zero-order valence-electron chi connectivity index (χ0n) is 19.2. The predicted molar refractivity (Wildman–Crippen MR) is 129 cm³/mol. The maximum atomic E-state index is 12.8. The van der Waals surface area contributed by atoms with Crippen LogP contribution in [0.1, 0.15) is 42.9 Å². The highest BCUT2D eigenvalue weighted by atomic mass is 16.5. The van der Waals surface area contributed by atoms with Crippen molar-refractivity contribution >= 4 is 6.09 Å². The molecule has 4 aliphatic rings. The van der Waals surface area contributed by atoms with Gasteiger partial charge < -0.3 is 20.1 Å². The summed E-state index contributed by atoms with van der Waals surface area (Å²) >= 11 is 0. The molecule has 2 aromatic carbocycles. The van der Waals surface area contributed by atoms with Crippen LogP contribution in [-0.2, 0) is 0 Å². The zero-order chi connectivity index (χ0) is 22.6. The summed E-state index contributed by atoms with van der Waals surface area (Å²) in [6.45, 7) is 5.82. The third kappa shape index (κ3) is 5.02. The number of carboxylic acid groups (broad SMARTS) is 1. The molecule has 0 saturated carbocycles. The molecule has 0 aromatic heterocycles. The SMILES string of the molecule is O=C(O)N(C(c1ccccc1)c1cccc(OCC2CCNCC2)c1)[C@H]1CN2CCC1CC2. The van der Waals surface area contributed by atoms with E-state index in [0.29, 0.717) is 18.4 Å². The van der Waals surface area contributed by atoms with Crippen LogP contribution < -0.4 is 10.1 Å². The molecule has 4 aliphatic heterocycles. The minimum Gasteiger partial charge on any atom is -0.493 e. The second-order valence-electron chi connectivity index (χ2n) is 9.79. The van der Waals surface area contributed by atoms with E-state index in [1.54, 1.807) is 4.90 Å². The van der Waals surface area contributed by atoms with Crippen molar-refractivity contribution in [3.8, 4) is 5.75 Å². The minimum absolute atomic E-state index is 0.00881. The molecule has 2 N–H and O–H groups in total. The van der Waals surface area contributed by atoms with E-state index < -0.39 is 6.09 Å². The van der Waals surface area contributed by atoms with Crippen LogP contribution in [0.2, 0.25) is 0 Å². The van der Waals surface area contributed by atoms with Crippen molar-refractivity contribution in [3.05, 3.63) is 65.7 Å². The lowest BCUT2D eigenvalue weighted by Gasteiger charge is -2.50. The maximum absolute atomic E-state index is 12.8. The molecule has 0 aliphatic carbocycles. The lowest BCUT2D eigenvalue weighted by molar-refractivity contribution is -0.000813. The Morgan fingerprint density at radius 1 is 1.03 bits per heavy atom. The monoisotopic (exact) mass is 449 g/mol. The average Bonchev–Trinajstić information content (AvgIpc) is 2.87. The molecule has 2 aromatic rings. The standard InChI is InChI=1S/C27H35N3O3/c31-27(32)30(25-18-29-15-11-21(25)12-16-29)26(22-5-2-1-3-6-22)23-7-4-8-24(17-23)33-19-20-9-13-28-14-10-20/h1-8,17,20-21,25-26,28H,9-16,18-19H2,(H,31,32)/t25-,26?/m0/s1. The number of hydrogen-bond acceptors (Lipinski definition) is 4. The highest BCUT2D eigenvalue weighted by Gasteiger charge is 2.43. The van der Waals surface area contributed by atoms with E-state index in [4.69, 9.17) is 4.74 Å². The number of piperidine rings is 4. The van der Waals surface area contributed by atoms with E-state index in [1.165, 1.54) is 0 Å². The van der Waals surface area contributed by atoms with Gasteiger partial charge >= 0.3 is 6.09 Å². The quantitative estimate of drug-likeness (QED) is 0.662. The largest absolute Gasteiger partial charge is 0.493 e. The molecule has 0 spiro atoms. The van der Waals surface area contributed by atoms with E-state index in [1.807, 2.05) is 48.5 Å². The number of nitrogens with zero attached hydrogens (tertiary/aromatic N) is 2. The third-order valence-corrected chi connectivity index (χ3v) is 7.71. The lowest BCUT2D eigenvalue weighted by Crippen LogP contribution is -2.59. The van der Waals surface area contributed by atoms with Crippen molar-refractivity contribution in [1.82, 2.24) is 15.1 Å². The Morgan fingerprint density at radius 3 is 2.42 bits per heavy atom. The van der Waals surface area contributed by atoms with Gasteiger partial charge in [0.1, 0.15) is 5.75 Å². The Kier molecular flexibility index (Phi) is 6.83. The van der Waals surface area contributed by atoms with Crippen LogP contribution in [0.15, 0.2) is 54.6 Å². The first-order chi connectivity index (χ1) is 16.2. The van der Waals surface area contributed by atoms with E-state index in [2.05, 4.69) is 16.3 Å². The summed E-state index contributed by atoms with van der Waals surface area (Å²) in [5.74, 6) is 1.82. The van der Waals surface area contributed by atoms with Gasteiger partial charge in [-0.25, -0.2) is 4.79 Å². The number of carbonyl (C=O) groups is 1. The molecular formula is C27H35N3O3. The summed E-state index contributed by atoms with van der Waals surface area (Å²) in [5.41, 5.74) is 1.98. The molecule has 6 heteroatoms. The third-order valence-electron chi connectivity index (χ3n) is 7.71. The number of rotatable bonds is 7. The second kappa shape index (κ2) is 10.1. The molecule has 6 rings (SSSR count). The summed E-state index contributed by atoms with van der Waals surface area (Å²) < 4.78 is 6.21. The normalized spacial score (nSPS) is 26.0. The van der Waals surface area contributed by atoms with E-state index >= 15 is 0 Å². The molecular weight excluding hydrogens is 414 g/mol. The summed E-state index contributed by atoms with van der Waals surface area (Å²) in [7, 11) is 0. The average molecular weight is 450 g/mol. The number of amides is 1. The summed E-state index contributed by atoms with van der Waals surface area (Å²) in [4.78, 5) is 16.9. The van der Waals surface area contributed by atoms with Crippen LogP contribution in [0.25, 0.3) is 0 Å². The molecule has 4 fully saturated rings. The van der Waals surface area contributed by atoms with Crippen LogP contribution in [0.4, 0.5) is 4.79 Å². The van der Waals surface area contributed by atoms with Crippen LogP contribution >= 0.6 is 0 Å². The first-order valence-electron chi connectivity index (χ1n) is 12.4. The van der Waals surface area contributed by atoms with Gasteiger partial charge in [-0.1, -0.05) is 42.5 Å². The van der Waals surface area contributed by atoms with Gasteiger partial charge in [0.15, 0.2) is 0 Å². The number of ether oxygens (including phenoxy) is 1. The van der Waals surface area contributed by atoms with Crippen molar-refractivity contribution in [2.45, 2.75) is 37.8 Å². The molecule has 4 heterocycles. The van der Waals surface area contributed by atoms with Crippen molar-refractivity contribution in [3.63, 3.8) is 0 Å². The first kappa shape index (κ1) is 22.2. The highest BCUT2D eigenvalue weighted by Crippen LogP contribution is 2.39. The fourth-order valence-corrected chi connectivity index (χ4v) is 5.88. The van der Waals surface area contributed by atoms with Crippen molar-refractivity contribution in [2.75, 3.05) is 39.3 Å². The van der Waals surface area contributed by atoms with Crippen LogP contribution in [-0.4, -0.2) is 66.4 Å². The lowest BCUT2D eigenvalue weighted by atomic mass is 9.81. The van der Waals surface area contributed by atoms with Gasteiger partial charge in [-0.3, -0.25) is 4.90 Å². The highest BCUT2D eigenvalue weighted by molar-refractivity contribution is 5.67. The zero-order valence-corrected chi connectivity index (χ0v) is 19.2. The summed E-state index contributed by atoms with van der Waals surface area (Å²) in [5, 5.41) is 13.9. The number of benzene rings is 2. The predicted octanol–water partition coefficient (Wildman–Crippen LogP) is 4.23. The fraction of sp³-hybridized carbons (Fsp3) is 0.519. The molecule has 2 atom stereocenters. The van der Waals surface area contributed by atoms with Gasteiger partial charge in [-0.15, -0.1) is 0 Å². The van der Waals surface area contributed by atoms with Gasteiger partial charge in [0, 0.05) is 6.54 Å². The molecule has 4 saturated heterocycles. The number of hydrogen-bond donors (Lipinski definition) is 2. The molecule has 1 amide bonds. The Bertz CT molecular complexity index is 923. The number of nitrogens with one attached hydrogen (secondary N) is 1. The topological polar surface area (TPSA) is 65.0 Å². The molecule has 6 nitrogen and oxygen atoms in total. The van der Waals surface area contributed by atoms with Crippen LogP contribution in [0.5, 0.6) is 5.75 Å². The maximum Gasteiger partial charge on any atom is 0.408 e. The second-order valence-corrected chi connectivity index (χ2v) is 9.79. The Morgan fingerprint density at radius 2 is 1.76 bits per heavy atom. The molecule has 1 unspecified atom stereocenters. The van der Waals surface area contributed by atoms with Gasteiger partial charge in [-0.05, 0) is 87.0 Å². The number of fused-ring (bicyclic) bond motifs is 3. The van der Waals surface area contributed by atoms with Crippen LogP contribution in [0.3, 0.4) is 0 Å². The minimum atomic E-state index is -0.844. The Hall–Kier alpha value is -2.57. The Labute approximate surface area is 196 Å². The van der Waals surface area contributed by atoms with Crippen molar-refractivity contribution in [1.29, 1.82) is 0 Å². The van der Waals surface area contributed by atoms with Crippen molar-refractivity contribution < 1.29 is 14.6 Å². The van der Waals surface area contributed by atoms with E-state index in [9.17, 15) is 9.90 Å². The summed E-state index contributed by atoms with van der Waals surface area (Å²) in [6, 6.07) is 17.8. The van der Waals surface area contributed by atoms with Crippen molar-refractivity contribution in [2.24, 2.45) is 11.8 Å². The van der Waals surface area contributed by atoms with Gasteiger partial charge in [0.25, 0.3) is 0 Å². The van der Waals surface area contributed by atoms with Gasteiger partial charge in [0.05, 0.1) is 18.7 Å². The fourth-order valence-electron chi connectivity index (χ4n) is 5.88. The molecule has 0 radical (unpaired) electrons. The molecule has 176 valence electrons. The van der Waals surface area contributed by atoms with E-state index in [-0.39, 0.29) is 12.1 Å². The van der Waals surface area contributed by atoms with Gasteiger partial charge in [-0.2, -0.15) is 0 Å². The van der Waals surface area contributed by atoms with Gasteiger partial charge in [0.2, 0.25) is 0 Å². The summed E-state index contributed by atoms with van der Waals surface area (Å²) in [6.07, 6.45) is 3.59. The Balaban J connectivity index is 1.44. The smallest absolute Gasteiger partial charge is 0.408 e. The first-order valence-corrected chi connectivity index (χ1v) is 12.4. The molecule has 2 bridgehead atoms.